The Kier molecular flexibility index (Phi) is 16.3. The molecule has 212 valence electrons. The van der Waals surface area contributed by atoms with E-state index in [0.29, 0.717) is 0 Å². The molecule has 6 atom stereocenters. The lowest BCUT2D eigenvalue weighted by Crippen LogP contribution is -2.61. The average molecular weight is 585 g/mol. The van der Waals surface area contributed by atoms with E-state index < -0.39 is 84.3 Å². The van der Waals surface area contributed by atoms with Crippen LogP contribution in [0.3, 0.4) is 0 Å². The molecule has 0 saturated heterocycles. The van der Waals surface area contributed by atoms with E-state index in [1.807, 2.05) is 0 Å². The Hall–Kier alpha value is -2.21. The van der Waals surface area contributed by atoms with Crippen LogP contribution >= 0.6 is 37.9 Å². The van der Waals surface area contributed by atoms with Gasteiger partial charge in [-0.1, -0.05) is 13.8 Å². The molecule has 0 aliphatic heterocycles. The summed E-state index contributed by atoms with van der Waals surface area (Å²) in [5.41, 5.74) is 5.58. The SMILES string of the molecule is CC(C)[C@H](NC(=O)[C@@H](NC(=O)[C@@H](N)CS)[C@@H](C)O)C(=O)N[C@@H](CS)C(=O)NCC(=O)N[C@@H](CS)C(=O)O. The summed E-state index contributed by atoms with van der Waals surface area (Å²) in [5, 5.41) is 30.5. The van der Waals surface area contributed by atoms with E-state index in [1.54, 1.807) is 13.8 Å². The lowest BCUT2D eigenvalue weighted by atomic mass is 10.0. The number of carboxylic acid groups (broad SMARTS) is 1. The van der Waals surface area contributed by atoms with Gasteiger partial charge in [-0.2, -0.15) is 37.9 Å². The lowest BCUT2D eigenvalue weighted by molar-refractivity contribution is -0.141. The van der Waals surface area contributed by atoms with Gasteiger partial charge in [0.15, 0.2) is 0 Å². The Morgan fingerprint density at radius 3 is 1.68 bits per heavy atom. The first-order valence-corrected chi connectivity index (χ1v) is 13.1. The number of aliphatic hydroxyl groups is 1. The number of aliphatic hydroxyl groups excluding tert-OH is 1. The van der Waals surface area contributed by atoms with E-state index >= 15 is 0 Å². The van der Waals surface area contributed by atoms with Crippen molar-refractivity contribution in [1.29, 1.82) is 0 Å². The van der Waals surface area contributed by atoms with E-state index in [-0.39, 0.29) is 17.3 Å². The molecule has 0 bridgehead atoms. The number of carbonyl (C=O) groups is 6. The molecule has 14 nitrogen and oxygen atoms in total. The summed E-state index contributed by atoms with van der Waals surface area (Å²) >= 11 is 11.8. The molecule has 0 aliphatic rings. The topological polar surface area (TPSA) is 229 Å². The van der Waals surface area contributed by atoms with Gasteiger partial charge < -0.3 is 42.5 Å². The molecular weight excluding hydrogens is 548 g/mol. The Morgan fingerprint density at radius 2 is 1.24 bits per heavy atom. The van der Waals surface area contributed by atoms with Gasteiger partial charge in [0.25, 0.3) is 0 Å². The maximum absolute atomic E-state index is 12.9. The highest BCUT2D eigenvalue weighted by Crippen LogP contribution is 2.05. The number of nitrogens with two attached hydrogens (primary N) is 1. The molecule has 37 heavy (non-hydrogen) atoms. The first kappa shape index (κ1) is 34.8. The minimum absolute atomic E-state index is 0.00117. The summed E-state index contributed by atoms with van der Waals surface area (Å²) in [6.07, 6.45) is -1.32. The highest BCUT2D eigenvalue weighted by atomic mass is 32.1. The second kappa shape index (κ2) is 17.3. The van der Waals surface area contributed by atoms with Crippen LogP contribution in [0.1, 0.15) is 20.8 Å². The van der Waals surface area contributed by atoms with Crippen molar-refractivity contribution in [2.45, 2.75) is 57.1 Å². The van der Waals surface area contributed by atoms with Crippen molar-refractivity contribution in [3.05, 3.63) is 0 Å². The highest BCUT2D eigenvalue weighted by Gasteiger charge is 2.33. The Morgan fingerprint density at radius 1 is 0.730 bits per heavy atom. The minimum Gasteiger partial charge on any atom is -0.480 e. The number of hydrogen-bond acceptors (Lipinski definition) is 11. The van der Waals surface area contributed by atoms with Gasteiger partial charge in [-0.3, -0.25) is 24.0 Å². The van der Waals surface area contributed by atoms with Gasteiger partial charge in [-0.25, -0.2) is 4.79 Å². The maximum Gasteiger partial charge on any atom is 0.327 e. The zero-order valence-corrected chi connectivity index (χ0v) is 23.3. The molecule has 0 aliphatic carbocycles. The monoisotopic (exact) mass is 584 g/mol. The fraction of sp³-hybridized carbons (Fsp3) is 0.700. The van der Waals surface area contributed by atoms with Gasteiger partial charge >= 0.3 is 5.97 Å². The second-order valence-electron chi connectivity index (χ2n) is 8.35. The molecule has 0 unspecified atom stereocenters. The molecule has 9 N–H and O–H groups in total. The fourth-order valence-electron chi connectivity index (χ4n) is 2.70. The number of amides is 5. The average Bonchev–Trinajstić information content (AvgIpc) is 2.84. The highest BCUT2D eigenvalue weighted by molar-refractivity contribution is 7.80. The summed E-state index contributed by atoms with van der Waals surface area (Å²) in [6.45, 7) is 3.95. The summed E-state index contributed by atoms with van der Waals surface area (Å²) in [4.78, 5) is 73.0. The molecule has 0 aromatic heterocycles. The van der Waals surface area contributed by atoms with Crippen LogP contribution in [0, 0.1) is 5.92 Å². The van der Waals surface area contributed by atoms with E-state index in [0.717, 1.165) is 0 Å². The summed E-state index contributed by atoms with van der Waals surface area (Å²) in [6, 6.07) is -6.06. The molecule has 0 fully saturated rings. The van der Waals surface area contributed by atoms with Crippen LogP contribution in [0.25, 0.3) is 0 Å². The summed E-state index contributed by atoms with van der Waals surface area (Å²) in [5.74, 6) is -5.99. The third kappa shape index (κ3) is 12.3. The van der Waals surface area contributed by atoms with E-state index in [1.165, 1.54) is 6.92 Å². The largest absolute Gasteiger partial charge is 0.480 e. The Bertz CT molecular complexity index is 832. The van der Waals surface area contributed by atoms with Crippen LogP contribution in [0.5, 0.6) is 0 Å². The van der Waals surface area contributed by atoms with Gasteiger partial charge in [0.2, 0.25) is 29.5 Å². The second-order valence-corrected chi connectivity index (χ2v) is 9.44. The molecule has 0 radical (unpaired) electrons. The number of aliphatic carboxylic acids is 1. The van der Waals surface area contributed by atoms with Crippen molar-refractivity contribution in [3.63, 3.8) is 0 Å². The van der Waals surface area contributed by atoms with Crippen LogP contribution in [-0.4, -0.2) is 106 Å². The molecule has 0 heterocycles. The van der Waals surface area contributed by atoms with Gasteiger partial charge in [0, 0.05) is 17.3 Å². The zero-order chi connectivity index (χ0) is 28.9. The summed E-state index contributed by atoms with van der Waals surface area (Å²) < 4.78 is 0. The van der Waals surface area contributed by atoms with E-state index in [4.69, 9.17) is 10.8 Å². The van der Waals surface area contributed by atoms with Crippen molar-refractivity contribution < 1.29 is 39.0 Å². The van der Waals surface area contributed by atoms with Gasteiger partial charge in [-0.05, 0) is 12.8 Å². The molecule has 0 spiro atoms. The van der Waals surface area contributed by atoms with Gasteiger partial charge in [-0.15, -0.1) is 0 Å². The molecule has 0 aromatic rings. The van der Waals surface area contributed by atoms with Crippen LogP contribution in [0.4, 0.5) is 0 Å². The standard InChI is InChI=1S/C20H36N6O8S3/c1-8(2)14(25-19(32)15(9(3)27)26-16(29)10(21)5-35)18(31)24-11(6-36)17(30)22-4-13(28)23-12(7-37)20(33)34/h8-12,14-15,27,35-37H,4-7,21H2,1-3H3,(H,22,30)(H,23,28)(H,24,31)(H,25,32)(H,26,29)(H,33,34)/t9-,10+,11+,12+,14+,15+/m1/s1. The van der Waals surface area contributed by atoms with Crippen LogP contribution < -0.4 is 32.3 Å². The first-order chi connectivity index (χ1) is 17.2. The molecule has 0 saturated carbocycles. The molecule has 17 heteroatoms. The van der Waals surface area contributed by atoms with E-state index in [9.17, 15) is 33.9 Å². The van der Waals surface area contributed by atoms with Gasteiger partial charge in [0.1, 0.15) is 24.2 Å². The fourth-order valence-corrected chi connectivity index (χ4v) is 3.37. The van der Waals surface area contributed by atoms with E-state index in [2.05, 4.69) is 64.5 Å². The number of rotatable bonds is 16. The number of carbonyl (C=O) groups excluding carboxylic acids is 5. The van der Waals surface area contributed by atoms with Crippen molar-refractivity contribution in [3.8, 4) is 0 Å². The van der Waals surface area contributed by atoms with Crippen LogP contribution in [-0.2, 0) is 28.8 Å². The molecule has 0 rings (SSSR count). The van der Waals surface area contributed by atoms with Crippen LogP contribution in [0.2, 0.25) is 0 Å². The smallest absolute Gasteiger partial charge is 0.327 e. The van der Waals surface area contributed by atoms with Gasteiger partial charge in [0.05, 0.1) is 18.7 Å². The van der Waals surface area contributed by atoms with Crippen molar-refractivity contribution in [1.82, 2.24) is 26.6 Å². The molecule has 5 amide bonds. The quantitative estimate of drug-likeness (QED) is 0.0800. The lowest BCUT2D eigenvalue weighted by Gasteiger charge is -2.28. The number of thiol groups is 3. The summed E-state index contributed by atoms with van der Waals surface area (Å²) in [7, 11) is 0. The van der Waals surface area contributed by atoms with Crippen molar-refractivity contribution in [2.75, 3.05) is 23.8 Å². The third-order valence-corrected chi connectivity index (χ3v) is 6.02. The third-order valence-electron chi connectivity index (χ3n) is 4.90. The number of nitrogens with one attached hydrogen (secondary N) is 5. The predicted molar refractivity (Wildman–Crippen MR) is 144 cm³/mol. The molecular formula is C20H36N6O8S3. The Labute approximate surface area is 231 Å². The predicted octanol–water partition coefficient (Wildman–Crippen LogP) is -3.72. The number of carboxylic acids is 1. The Balaban J connectivity index is 5.25. The first-order valence-electron chi connectivity index (χ1n) is 11.2. The minimum atomic E-state index is -1.41. The maximum atomic E-state index is 12.9. The zero-order valence-electron chi connectivity index (χ0n) is 20.6. The number of hydrogen-bond donors (Lipinski definition) is 11. The van der Waals surface area contributed by atoms with Crippen molar-refractivity contribution >= 4 is 73.4 Å². The van der Waals surface area contributed by atoms with Crippen LogP contribution in [0.15, 0.2) is 0 Å². The molecule has 0 aromatic carbocycles. The normalized spacial score (nSPS) is 15.8. The van der Waals surface area contributed by atoms with Crippen molar-refractivity contribution in [2.24, 2.45) is 11.7 Å².